The smallest absolute Gasteiger partial charge is 0.252 e. The number of carbonyl (C=O) groups excluding carboxylic acids is 1. The van der Waals surface area contributed by atoms with Crippen LogP contribution in [0.25, 0.3) is 10.9 Å². The monoisotopic (exact) mass is 244 g/mol. The van der Waals surface area contributed by atoms with Crippen LogP contribution in [0.4, 0.5) is 0 Å². The number of hydrogen-bond donors (Lipinski definition) is 3. The number of nitrogens with zero attached hydrogens (tertiary/aromatic N) is 1. The van der Waals surface area contributed by atoms with E-state index in [2.05, 4.69) is 15.3 Å². The molecule has 0 bridgehead atoms. The maximum atomic E-state index is 11.4. The Kier molecular flexibility index (Phi) is 2.76. The number of H-pyrrole nitrogens is 1. The predicted molar refractivity (Wildman–Crippen MR) is 69.5 cm³/mol. The Morgan fingerprint density at radius 2 is 2.39 bits per heavy atom. The second-order valence-corrected chi connectivity index (χ2v) is 4.73. The van der Waals surface area contributed by atoms with Gasteiger partial charge >= 0.3 is 0 Å². The van der Waals surface area contributed by atoms with Gasteiger partial charge in [0.15, 0.2) is 0 Å². The van der Waals surface area contributed by atoms with E-state index in [9.17, 15) is 4.79 Å². The van der Waals surface area contributed by atoms with Gasteiger partial charge in [0.05, 0.1) is 16.8 Å². The first-order valence-electron chi connectivity index (χ1n) is 6.24. The van der Waals surface area contributed by atoms with Crippen LogP contribution in [-0.4, -0.2) is 29.0 Å². The average molecular weight is 244 g/mol. The maximum absolute atomic E-state index is 11.4. The normalized spacial score (nSPS) is 20.1. The number of amides is 1. The van der Waals surface area contributed by atoms with Crippen LogP contribution in [0.1, 0.15) is 34.8 Å². The number of nitrogens with two attached hydrogens (primary N) is 1. The van der Waals surface area contributed by atoms with Gasteiger partial charge < -0.3 is 16.0 Å². The molecular weight excluding hydrogens is 228 g/mol. The molecule has 1 fully saturated rings. The van der Waals surface area contributed by atoms with Gasteiger partial charge in [-0.05, 0) is 25.5 Å². The molecule has 0 aromatic carbocycles. The summed E-state index contributed by atoms with van der Waals surface area (Å²) in [6, 6.07) is 1.97. The van der Waals surface area contributed by atoms with Crippen molar-refractivity contribution in [2.75, 3.05) is 13.1 Å². The van der Waals surface area contributed by atoms with Crippen molar-refractivity contribution < 1.29 is 4.79 Å². The van der Waals surface area contributed by atoms with Gasteiger partial charge in [-0.3, -0.25) is 9.78 Å². The standard InChI is InChI=1S/C13H16N4O/c14-13(18)10-7-17-11(8-2-1-4-15-6-8)9-3-5-16-12(9)10/h3,5,7-8,15-16H,1-2,4,6H2,(H2,14,18)/t8-/m1/s1. The molecule has 1 saturated heterocycles. The molecule has 18 heavy (non-hydrogen) atoms. The highest BCUT2D eigenvalue weighted by molar-refractivity contribution is 6.05. The van der Waals surface area contributed by atoms with Crippen molar-refractivity contribution in [1.82, 2.24) is 15.3 Å². The van der Waals surface area contributed by atoms with E-state index in [1.54, 1.807) is 6.20 Å². The lowest BCUT2D eigenvalue weighted by Gasteiger charge is -2.23. The number of hydrogen-bond acceptors (Lipinski definition) is 3. The summed E-state index contributed by atoms with van der Waals surface area (Å²) in [6.45, 7) is 2.02. The maximum Gasteiger partial charge on any atom is 0.252 e. The number of primary amides is 1. The summed E-state index contributed by atoms with van der Waals surface area (Å²) >= 11 is 0. The van der Waals surface area contributed by atoms with Crippen LogP contribution in [0.3, 0.4) is 0 Å². The van der Waals surface area contributed by atoms with Crippen molar-refractivity contribution in [1.29, 1.82) is 0 Å². The minimum Gasteiger partial charge on any atom is -0.365 e. The lowest BCUT2D eigenvalue weighted by Crippen LogP contribution is -2.29. The third-order valence-electron chi connectivity index (χ3n) is 3.57. The van der Waals surface area contributed by atoms with E-state index in [-0.39, 0.29) is 0 Å². The first-order chi connectivity index (χ1) is 8.77. The molecule has 1 aliphatic rings. The predicted octanol–water partition coefficient (Wildman–Crippen LogP) is 1.13. The summed E-state index contributed by atoms with van der Waals surface area (Å²) in [5, 5.41) is 4.40. The molecular formula is C13H16N4O. The third-order valence-corrected chi connectivity index (χ3v) is 3.57. The summed E-state index contributed by atoms with van der Waals surface area (Å²) in [5.41, 5.74) is 7.68. The van der Waals surface area contributed by atoms with Gasteiger partial charge in [0.1, 0.15) is 0 Å². The molecule has 94 valence electrons. The number of carbonyl (C=O) groups is 1. The highest BCUT2D eigenvalue weighted by atomic mass is 16.1. The van der Waals surface area contributed by atoms with E-state index in [4.69, 9.17) is 5.73 Å². The molecule has 1 aliphatic heterocycles. The number of piperidine rings is 1. The number of fused-ring (bicyclic) bond motifs is 1. The van der Waals surface area contributed by atoms with E-state index in [1.807, 2.05) is 12.3 Å². The van der Waals surface area contributed by atoms with Crippen LogP contribution >= 0.6 is 0 Å². The molecule has 4 N–H and O–H groups in total. The Morgan fingerprint density at radius 3 is 3.11 bits per heavy atom. The summed E-state index contributed by atoms with van der Waals surface area (Å²) < 4.78 is 0. The van der Waals surface area contributed by atoms with E-state index in [0.29, 0.717) is 11.5 Å². The minimum absolute atomic E-state index is 0.416. The molecule has 0 aliphatic carbocycles. The molecule has 3 heterocycles. The molecule has 0 radical (unpaired) electrons. The van der Waals surface area contributed by atoms with Gasteiger partial charge in [-0.15, -0.1) is 0 Å². The summed E-state index contributed by atoms with van der Waals surface area (Å²) in [6.07, 6.45) is 5.72. The molecule has 0 unspecified atom stereocenters. The second-order valence-electron chi connectivity index (χ2n) is 4.73. The topological polar surface area (TPSA) is 83.8 Å². The molecule has 1 atom stereocenters. The summed E-state index contributed by atoms with van der Waals surface area (Å²) in [5.74, 6) is -0.0257. The minimum atomic E-state index is -0.441. The van der Waals surface area contributed by atoms with E-state index < -0.39 is 5.91 Å². The Labute approximate surface area is 105 Å². The van der Waals surface area contributed by atoms with Gasteiger partial charge in [0, 0.05) is 30.2 Å². The molecule has 5 heteroatoms. The van der Waals surface area contributed by atoms with Gasteiger partial charge in [0.2, 0.25) is 0 Å². The van der Waals surface area contributed by atoms with Gasteiger partial charge in [-0.1, -0.05) is 0 Å². The van der Waals surface area contributed by atoms with Crippen molar-refractivity contribution >= 4 is 16.8 Å². The lowest BCUT2D eigenvalue weighted by atomic mass is 9.93. The van der Waals surface area contributed by atoms with Crippen molar-refractivity contribution in [2.24, 2.45) is 5.73 Å². The van der Waals surface area contributed by atoms with Crippen molar-refractivity contribution in [2.45, 2.75) is 18.8 Å². The fourth-order valence-corrected chi connectivity index (χ4v) is 2.67. The molecule has 0 saturated carbocycles. The summed E-state index contributed by atoms with van der Waals surface area (Å²) in [7, 11) is 0. The van der Waals surface area contributed by atoms with Gasteiger partial charge in [-0.2, -0.15) is 0 Å². The zero-order chi connectivity index (χ0) is 12.5. The highest BCUT2D eigenvalue weighted by Gasteiger charge is 2.21. The zero-order valence-electron chi connectivity index (χ0n) is 10.1. The van der Waals surface area contributed by atoms with Crippen LogP contribution in [0.2, 0.25) is 0 Å². The number of aromatic nitrogens is 2. The second kappa shape index (κ2) is 4.42. The van der Waals surface area contributed by atoms with E-state index in [1.165, 1.54) is 0 Å². The van der Waals surface area contributed by atoms with Gasteiger partial charge in [-0.25, -0.2) is 0 Å². The quantitative estimate of drug-likeness (QED) is 0.740. The van der Waals surface area contributed by atoms with Crippen LogP contribution in [0, 0.1) is 0 Å². The van der Waals surface area contributed by atoms with Crippen LogP contribution in [-0.2, 0) is 0 Å². The molecule has 0 spiro atoms. The van der Waals surface area contributed by atoms with Crippen molar-refractivity contribution in [3.8, 4) is 0 Å². The Morgan fingerprint density at radius 1 is 1.50 bits per heavy atom. The van der Waals surface area contributed by atoms with Gasteiger partial charge in [0.25, 0.3) is 5.91 Å². The first-order valence-corrected chi connectivity index (χ1v) is 6.24. The lowest BCUT2D eigenvalue weighted by molar-refractivity contribution is 0.100. The number of pyridine rings is 1. The van der Waals surface area contributed by atoms with Crippen LogP contribution < -0.4 is 11.1 Å². The highest BCUT2D eigenvalue weighted by Crippen LogP contribution is 2.29. The fraction of sp³-hybridized carbons (Fsp3) is 0.385. The Hall–Kier alpha value is -1.88. The first kappa shape index (κ1) is 11.2. The van der Waals surface area contributed by atoms with Crippen molar-refractivity contribution in [3.05, 3.63) is 29.7 Å². The molecule has 3 rings (SSSR count). The van der Waals surface area contributed by atoms with Crippen molar-refractivity contribution in [3.63, 3.8) is 0 Å². The number of rotatable bonds is 2. The molecule has 2 aromatic heterocycles. The summed E-state index contributed by atoms with van der Waals surface area (Å²) in [4.78, 5) is 18.9. The molecule has 2 aromatic rings. The van der Waals surface area contributed by atoms with Crippen LogP contribution in [0.15, 0.2) is 18.5 Å². The molecule has 1 amide bonds. The zero-order valence-corrected chi connectivity index (χ0v) is 10.1. The number of nitrogens with one attached hydrogen (secondary N) is 2. The number of aromatic amines is 1. The SMILES string of the molecule is NC(=O)c1cnc([C@@H]2CCCNC2)c2cc[nH]c12. The Bertz CT molecular complexity index is 584. The fourth-order valence-electron chi connectivity index (χ4n) is 2.67. The Balaban J connectivity index is 2.10. The van der Waals surface area contributed by atoms with Crippen LogP contribution in [0.5, 0.6) is 0 Å². The van der Waals surface area contributed by atoms with E-state index >= 15 is 0 Å². The largest absolute Gasteiger partial charge is 0.365 e. The average Bonchev–Trinajstić information content (AvgIpc) is 2.87. The molecule has 5 nitrogen and oxygen atoms in total. The third kappa shape index (κ3) is 1.76. The van der Waals surface area contributed by atoms with E-state index in [0.717, 1.165) is 42.5 Å².